The van der Waals surface area contributed by atoms with Gasteiger partial charge in [0.1, 0.15) is 5.84 Å². The molecular formula is C15H24N4O. The van der Waals surface area contributed by atoms with Gasteiger partial charge in [-0.05, 0) is 25.6 Å². The van der Waals surface area contributed by atoms with Crippen molar-refractivity contribution in [2.24, 2.45) is 10.9 Å². The lowest BCUT2D eigenvalue weighted by atomic mass is 10.0. The quantitative estimate of drug-likeness (QED) is 0.370. The third-order valence-corrected chi connectivity index (χ3v) is 3.89. The van der Waals surface area contributed by atoms with E-state index in [-0.39, 0.29) is 0 Å². The van der Waals surface area contributed by atoms with Gasteiger partial charge in [-0.1, -0.05) is 35.5 Å². The van der Waals surface area contributed by atoms with E-state index in [4.69, 9.17) is 10.9 Å². The molecule has 0 spiro atoms. The maximum Gasteiger partial charge on any atom is 0.139 e. The zero-order valence-electron chi connectivity index (χ0n) is 12.1. The fourth-order valence-corrected chi connectivity index (χ4v) is 2.73. The average Bonchev–Trinajstić information content (AvgIpc) is 2.49. The molecule has 1 atom stereocenters. The molecule has 1 aromatic rings. The average molecular weight is 276 g/mol. The molecule has 1 unspecified atom stereocenters. The van der Waals surface area contributed by atoms with Crippen LogP contribution in [-0.2, 0) is 0 Å². The Hall–Kier alpha value is -1.59. The van der Waals surface area contributed by atoms with Crippen LogP contribution in [0, 0.1) is 0 Å². The van der Waals surface area contributed by atoms with Crippen molar-refractivity contribution in [3.8, 4) is 0 Å². The Morgan fingerprint density at radius 3 is 2.80 bits per heavy atom. The van der Waals surface area contributed by atoms with Crippen molar-refractivity contribution < 1.29 is 5.21 Å². The highest BCUT2D eigenvalue weighted by Crippen LogP contribution is 2.24. The highest BCUT2D eigenvalue weighted by molar-refractivity contribution is 5.79. The zero-order valence-corrected chi connectivity index (χ0v) is 12.1. The molecule has 110 valence electrons. The number of likely N-dealkylation sites (N-methyl/N-ethyl adjacent to an activating group) is 1. The number of rotatable bonds is 5. The van der Waals surface area contributed by atoms with Gasteiger partial charge < -0.3 is 15.8 Å². The Balaban J connectivity index is 1.98. The summed E-state index contributed by atoms with van der Waals surface area (Å²) in [6.45, 7) is 4.18. The SMILES string of the molecule is CN1CCN(CCC/C(N)=N/O)C(c2ccccc2)C1. The van der Waals surface area contributed by atoms with Crippen molar-refractivity contribution in [1.82, 2.24) is 9.80 Å². The van der Waals surface area contributed by atoms with E-state index in [0.29, 0.717) is 18.3 Å². The predicted molar refractivity (Wildman–Crippen MR) is 80.9 cm³/mol. The summed E-state index contributed by atoms with van der Waals surface area (Å²) < 4.78 is 0. The number of hydrogen-bond acceptors (Lipinski definition) is 4. The Kier molecular flexibility index (Phi) is 5.38. The van der Waals surface area contributed by atoms with Gasteiger partial charge in [0.25, 0.3) is 0 Å². The molecule has 1 aliphatic heterocycles. The van der Waals surface area contributed by atoms with Crippen molar-refractivity contribution >= 4 is 5.84 Å². The largest absolute Gasteiger partial charge is 0.409 e. The summed E-state index contributed by atoms with van der Waals surface area (Å²) in [5.41, 5.74) is 6.89. The van der Waals surface area contributed by atoms with Crippen molar-refractivity contribution in [3.05, 3.63) is 35.9 Å². The van der Waals surface area contributed by atoms with Gasteiger partial charge in [0.05, 0.1) is 0 Å². The first-order chi connectivity index (χ1) is 9.70. The van der Waals surface area contributed by atoms with Crippen LogP contribution < -0.4 is 5.73 Å². The molecule has 2 rings (SSSR count). The molecule has 20 heavy (non-hydrogen) atoms. The van der Waals surface area contributed by atoms with Gasteiger partial charge >= 0.3 is 0 Å². The van der Waals surface area contributed by atoms with E-state index in [9.17, 15) is 0 Å². The molecule has 5 nitrogen and oxygen atoms in total. The Morgan fingerprint density at radius 2 is 2.10 bits per heavy atom. The summed E-state index contributed by atoms with van der Waals surface area (Å²) in [6, 6.07) is 11.1. The second kappa shape index (κ2) is 7.26. The molecule has 1 aromatic carbocycles. The van der Waals surface area contributed by atoms with E-state index < -0.39 is 0 Å². The van der Waals surface area contributed by atoms with Crippen LogP contribution >= 0.6 is 0 Å². The van der Waals surface area contributed by atoms with E-state index in [1.54, 1.807) is 0 Å². The molecule has 0 bridgehead atoms. The maximum atomic E-state index is 8.58. The molecule has 0 saturated carbocycles. The van der Waals surface area contributed by atoms with Crippen molar-refractivity contribution in [2.75, 3.05) is 33.2 Å². The maximum absolute atomic E-state index is 8.58. The molecule has 1 fully saturated rings. The van der Waals surface area contributed by atoms with E-state index >= 15 is 0 Å². The van der Waals surface area contributed by atoms with Crippen LogP contribution in [0.2, 0.25) is 0 Å². The first kappa shape index (κ1) is 14.8. The third kappa shape index (κ3) is 3.95. The summed E-state index contributed by atoms with van der Waals surface area (Å²) in [7, 11) is 2.17. The first-order valence-electron chi connectivity index (χ1n) is 7.14. The molecule has 0 aliphatic carbocycles. The van der Waals surface area contributed by atoms with Crippen molar-refractivity contribution in [2.45, 2.75) is 18.9 Å². The summed E-state index contributed by atoms with van der Waals surface area (Å²) in [6.07, 6.45) is 1.56. The molecule has 3 N–H and O–H groups in total. The van der Waals surface area contributed by atoms with Gasteiger partial charge in [0.15, 0.2) is 0 Å². The van der Waals surface area contributed by atoms with Gasteiger partial charge in [-0.3, -0.25) is 4.90 Å². The van der Waals surface area contributed by atoms with Crippen LogP contribution in [0.5, 0.6) is 0 Å². The van der Waals surface area contributed by atoms with Crippen molar-refractivity contribution in [1.29, 1.82) is 0 Å². The molecule has 1 saturated heterocycles. The minimum absolute atomic E-state index is 0.315. The van der Waals surface area contributed by atoms with Crippen LogP contribution in [0.1, 0.15) is 24.4 Å². The Labute approximate surface area is 120 Å². The normalized spacial score (nSPS) is 22.1. The summed E-state index contributed by atoms with van der Waals surface area (Å²) >= 11 is 0. The van der Waals surface area contributed by atoms with E-state index in [1.165, 1.54) is 5.56 Å². The number of oxime groups is 1. The van der Waals surface area contributed by atoms with Crippen LogP contribution in [0.15, 0.2) is 35.5 Å². The van der Waals surface area contributed by atoms with Gasteiger partial charge in [-0.25, -0.2) is 0 Å². The highest BCUT2D eigenvalue weighted by Gasteiger charge is 2.25. The molecule has 0 amide bonds. The van der Waals surface area contributed by atoms with Crippen LogP contribution in [0.25, 0.3) is 0 Å². The summed E-state index contributed by atoms with van der Waals surface area (Å²) in [5.74, 6) is 0.315. The standard InChI is InChI=1S/C15H24N4O/c1-18-10-11-19(9-5-8-15(16)17-20)14(12-18)13-6-3-2-4-7-13/h2-4,6-7,14,20H,5,8-12H2,1H3,(H2,16,17). The minimum Gasteiger partial charge on any atom is -0.409 e. The topological polar surface area (TPSA) is 65.1 Å². The van der Waals surface area contributed by atoms with Gasteiger partial charge in [-0.2, -0.15) is 0 Å². The number of benzene rings is 1. The smallest absolute Gasteiger partial charge is 0.139 e. The second-order valence-corrected chi connectivity index (χ2v) is 5.42. The van der Waals surface area contributed by atoms with Crippen molar-refractivity contribution in [3.63, 3.8) is 0 Å². The fraction of sp³-hybridized carbons (Fsp3) is 0.533. The number of piperazine rings is 1. The lowest BCUT2D eigenvalue weighted by Gasteiger charge is -2.40. The van der Waals surface area contributed by atoms with Gasteiger partial charge in [0, 0.05) is 32.1 Å². The highest BCUT2D eigenvalue weighted by atomic mass is 16.4. The zero-order chi connectivity index (χ0) is 14.4. The fourth-order valence-electron chi connectivity index (χ4n) is 2.73. The lowest BCUT2D eigenvalue weighted by molar-refractivity contribution is 0.0892. The van der Waals surface area contributed by atoms with Crippen LogP contribution in [0.3, 0.4) is 0 Å². The van der Waals surface area contributed by atoms with Gasteiger partial charge in [0.2, 0.25) is 0 Å². The molecule has 5 heteroatoms. The number of nitrogens with two attached hydrogens (primary N) is 1. The van der Waals surface area contributed by atoms with Crippen LogP contribution in [-0.4, -0.2) is 54.1 Å². The van der Waals surface area contributed by atoms with E-state index in [1.807, 2.05) is 0 Å². The molecule has 0 radical (unpaired) electrons. The molecule has 1 aliphatic rings. The van der Waals surface area contributed by atoms with E-state index in [0.717, 1.165) is 32.6 Å². The van der Waals surface area contributed by atoms with Crippen LogP contribution in [0.4, 0.5) is 0 Å². The number of nitrogens with zero attached hydrogens (tertiary/aromatic N) is 3. The number of amidine groups is 1. The summed E-state index contributed by atoms with van der Waals surface area (Å²) in [5, 5.41) is 11.6. The summed E-state index contributed by atoms with van der Waals surface area (Å²) in [4.78, 5) is 4.87. The Bertz CT molecular complexity index is 435. The molecule has 0 aromatic heterocycles. The Morgan fingerprint density at radius 1 is 1.35 bits per heavy atom. The monoisotopic (exact) mass is 276 g/mol. The molecular weight excluding hydrogens is 252 g/mol. The predicted octanol–water partition coefficient (Wildman–Crippen LogP) is 1.50. The first-order valence-corrected chi connectivity index (χ1v) is 7.14. The van der Waals surface area contributed by atoms with Gasteiger partial charge in [-0.15, -0.1) is 0 Å². The minimum atomic E-state index is 0.315. The lowest BCUT2D eigenvalue weighted by Crippen LogP contribution is -2.47. The second-order valence-electron chi connectivity index (χ2n) is 5.42. The van der Waals surface area contributed by atoms with E-state index in [2.05, 4.69) is 52.3 Å². The third-order valence-electron chi connectivity index (χ3n) is 3.89. The molecule has 1 heterocycles. The number of hydrogen-bond donors (Lipinski definition) is 2.